The summed E-state index contributed by atoms with van der Waals surface area (Å²) in [7, 11) is 0. The molecule has 0 radical (unpaired) electrons. The number of nitrogens with one attached hydrogen (secondary N) is 2. The van der Waals surface area contributed by atoms with E-state index in [1.54, 1.807) is 24.3 Å². The van der Waals surface area contributed by atoms with Gasteiger partial charge < -0.3 is 10.4 Å². The average Bonchev–Trinajstić information content (AvgIpc) is 2.49. The van der Waals surface area contributed by atoms with Gasteiger partial charge in [-0.25, -0.2) is 15.0 Å². The number of carboxylic acid groups (broad SMARTS) is 1. The summed E-state index contributed by atoms with van der Waals surface area (Å²) >= 11 is 0. The molecule has 0 fully saturated rings. The van der Waals surface area contributed by atoms with Gasteiger partial charge in [-0.05, 0) is 29.8 Å². The van der Waals surface area contributed by atoms with Gasteiger partial charge in [-0.3, -0.25) is 0 Å². The minimum absolute atomic E-state index is 0.196. The van der Waals surface area contributed by atoms with Gasteiger partial charge in [0.1, 0.15) is 0 Å². The first kappa shape index (κ1) is 14.3. The number of nitrogens with zero attached hydrogens (tertiary/aromatic N) is 1. The zero-order valence-corrected chi connectivity index (χ0v) is 11.0. The maximum atomic E-state index is 11.5. The van der Waals surface area contributed by atoms with Crippen molar-refractivity contribution < 1.29 is 14.7 Å². The molecule has 0 saturated carbocycles. The number of carbonyl (C=O) groups excluding carboxylic acids is 1. The van der Waals surface area contributed by atoms with E-state index in [1.807, 2.05) is 18.2 Å². The summed E-state index contributed by atoms with van der Waals surface area (Å²) in [6, 6.07) is 14.7. The summed E-state index contributed by atoms with van der Waals surface area (Å²) in [5.41, 5.74) is 3.86. The van der Waals surface area contributed by atoms with Crippen LogP contribution < -0.4 is 10.7 Å². The van der Waals surface area contributed by atoms with Crippen molar-refractivity contribution in [2.75, 3.05) is 5.32 Å². The molecule has 21 heavy (non-hydrogen) atoms. The van der Waals surface area contributed by atoms with Crippen molar-refractivity contribution in [3.8, 4) is 0 Å². The van der Waals surface area contributed by atoms with Gasteiger partial charge in [0.05, 0.1) is 11.8 Å². The molecule has 6 nitrogen and oxygen atoms in total. The van der Waals surface area contributed by atoms with Gasteiger partial charge in [0, 0.05) is 5.69 Å². The quantitative estimate of drug-likeness (QED) is 0.595. The van der Waals surface area contributed by atoms with E-state index in [2.05, 4.69) is 15.8 Å². The van der Waals surface area contributed by atoms with Crippen molar-refractivity contribution in [1.29, 1.82) is 0 Å². The summed E-state index contributed by atoms with van der Waals surface area (Å²) < 4.78 is 0. The largest absolute Gasteiger partial charge is 0.478 e. The van der Waals surface area contributed by atoms with E-state index in [0.717, 1.165) is 0 Å². The molecule has 6 heteroatoms. The van der Waals surface area contributed by atoms with Gasteiger partial charge in [0.25, 0.3) is 0 Å². The molecule has 2 aromatic carbocycles. The van der Waals surface area contributed by atoms with E-state index >= 15 is 0 Å². The smallest absolute Gasteiger partial charge is 0.339 e. The Labute approximate surface area is 121 Å². The van der Waals surface area contributed by atoms with E-state index < -0.39 is 12.0 Å². The van der Waals surface area contributed by atoms with Crippen LogP contribution in [-0.2, 0) is 0 Å². The molecule has 0 atom stereocenters. The number of hydrogen-bond acceptors (Lipinski definition) is 3. The van der Waals surface area contributed by atoms with Crippen LogP contribution in [0.1, 0.15) is 15.9 Å². The highest BCUT2D eigenvalue weighted by Gasteiger charge is 2.01. The zero-order chi connectivity index (χ0) is 15.1. The third kappa shape index (κ3) is 4.46. The number of rotatable bonds is 4. The standard InChI is InChI=1S/C15H13N3O3/c19-14(20)12-8-6-11(7-9-12)10-16-18-15(21)17-13-4-2-1-3-5-13/h1-10H,(H,19,20)(H2,17,18,21)/b16-10-. The Morgan fingerprint density at radius 3 is 2.29 bits per heavy atom. The average molecular weight is 283 g/mol. The third-order valence-corrected chi connectivity index (χ3v) is 2.57. The summed E-state index contributed by atoms with van der Waals surface area (Å²) in [6.45, 7) is 0. The van der Waals surface area contributed by atoms with Crippen molar-refractivity contribution in [3.05, 3.63) is 65.7 Å². The molecule has 106 valence electrons. The van der Waals surface area contributed by atoms with Gasteiger partial charge in [-0.2, -0.15) is 5.10 Å². The number of anilines is 1. The minimum atomic E-state index is -0.987. The van der Waals surface area contributed by atoms with E-state index in [4.69, 9.17) is 5.11 Å². The molecular formula is C15H13N3O3. The van der Waals surface area contributed by atoms with E-state index in [9.17, 15) is 9.59 Å². The topological polar surface area (TPSA) is 90.8 Å². The van der Waals surface area contributed by atoms with Crippen LogP contribution in [0.4, 0.5) is 10.5 Å². The van der Waals surface area contributed by atoms with Crippen molar-refractivity contribution >= 4 is 23.9 Å². The number of amides is 2. The van der Waals surface area contributed by atoms with Gasteiger partial charge in [0.2, 0.25) is 0 Å². The lowest BCUT2D eigenvalue weighted by atomic mass is 10.1. The predicted molar refractivity (Wildman–Crippen MR) is 79.6 cm³/mol. The summed E-state index contributed by atoms with van der Waals surface area (Å²) in [5, 5.41) is 15.2. The molecule has 0 aliphatic rings. The number of aromatic carboxylic acids is 1. The molecule has 2 amide bonds. The monoisotopic (exact) mass is 283 g/mol. The van der Waals surface area contributed by atoms with Crippen molar-refractivity contribution in [2.24, 2.45) is 5.10 Å². The van der Waals surface area contributed by atoms with Crippen molar-refractivity contribution in [1.82, 2.24) is 5.43 Å². The van der Waals surface area contributed by atoms with E-state index in [-0.39, 0.29) is 5.56 Å². The second kappa shape index (κ2) is 6.85. The number of carbonyl (C=O) groups is 2. The first-order valence-electron chi connectivity index (χ1n) is 6.13. The zero-order valence-electron chi connectivity index (χ0n) is 11.0. The number of carboxylic acids is 1. The lowest BCUT2D eigenvalue weighted by Crippen LogP contribution is -2.24. The normalized spacial score (nSPS) is 10.3. The summed E-state index contributed by atoms with van der Waals surface area (Å²) in [6.07, 6.45) is 1.43. The molecule has 0 saturated heterocycles. The highest BCUT2D eigenvalue weighted by Crippen LogP contribution is 2.04. The first-order valence-corrected chi connectivity index (χ1v) is 6.13. The Kier molecular flexibility index (Phi) is 4.66. The second-order valence-electron chi connectivity index (χ2n) is 4.12. The first-order chi connectivity index (χ1) is 10.1. The highest BCUT2D eigenvalue weighted by molar-refractivity contribution is 5.91. The fourth-order valence-corrected chi connectivity index (χ4v) is 1.56. The van der Waals surface area contributed by atoms with Crippen molar-refractivity contribution in [3.63, 3.8) is 0 Å². The van der Waals surface area contributed by atoms with Gasteiger partial charge >= 0.3 is 12.0 Å². The van der Waals surface area contributed by atoms with Crippen LogP contribution in [0.3, 0.4) is 0 Å². The van der Waals surface area contributed by atoms with E-state index in [1.165, 1.54) is 18.3 Å². The maximum Gasteiger partial charge on any atom is 0.339 e. The molecular weight excluding hydrogens is 270 g/mol. The Morgan fingerprint density at radius 2 is 1.67 bits per heavy atom. The number of benzene rings is 2. The molecule has 0 aliphatic carbocycles. The molecule has 0 spiro atoms. The van der Waals surface area contributed by atoms with Crippen LogP contribution in [0.2, 0.25) is 0 Å². The third-order valence-electron chi connectivity index (χ3n) is 2.57. The maximum absolute atomic E-state index is 11.5. The van der Waals surface area contributed by atoms with Crippen LogP contribution in [-0.4, -0.2) is 23.3 Å². The predicted octanol–water partition coefficient (Wildman–Crippen LogP) is 2.54. The van der Waals surface area contributed by atoms with Crippen LogP contribution in [0.25, 0.3) is 0 Å². The molecule has 2 rings (SSSR count). The van der Waals surface area contributed by atoms with Crippen LogP contribution in [0.5, 0.6) is 0 Å². The fourth-order valence-electron chi connectivity index (χ4n) is 1.56. The molecule has 0 aliphatic heterocycles. The number of hydrogen-bond donors (Lipinski definition) is 3. The molecule has 0 aromatic heterocycles. The van der Waals surface area contributed by atoms with Gasteiger partial charge in [-0.1, -0.05) is 30.3 Å². The summed E-state index contributed by atoms with van der Waals surface area (Å²) in [5.74, 6) is -0.987. The number of hydrazone groups is 1. The number of urea groups is 1. The second-order valence-corrected chi connectivity index (χ2v) is 4.12. The van der Waals surface area contributed by atoms with Crippen molar-refractivity contribution in [2.45, 2.75) is 0 Å². The van der Waals surface area contributed by atoms with E-state index in [0.29, 0.717) is 11.3 Å². The molecule has 3 N–H and O–H groups in total. The fraction of sp³-hybridized carbons (Fsp3) is 0. The Hall–Kier alpha value is -3.15. The lowest BCUT2D eigenvalue weighted by molar-refractivity contribution is 0.0697. The Morgan fingerprint density at radius 1 is 1.00 bits per heavy atom. The molecule has 0 bridgehead atoms. The molecule has 2 aromatic rings. The molecule has 0 unspecified atom stereocenters. The van der Waals surface area contributed by atoms with Crippen LogP contribution in [0, 0.1) is 0 Å². The number of para-hydroxylation sites is 1. The van der Waals surface area contributed by atoms with Gasteiger partial charge in [0.15, 0.2) is 0 Å². The lowest BCUT2D eigenvalue weighted by Gasteiger charge is -2.03. The summed E-state index contributed by atoms with van der Waals surface area (Å²) in [4.78, 5) is 22.2. The Bertz CT molecular complexity index is 652. The van der Waals surface area contributed by atoms with Gasteiger partial charge in [-0.15, -0.1) is 0 Å². The SMILES string of the molecule is O=C(N/N=C\c1ccc(C(=O)O)cc1)Nc1ccccc1. The highest BCUT2D eigenvalue weighted by atomic mass is 16.4. The molecule has 0 heterocycles. The Balaban J connectivity index is 1.87. The minimum Gasteiger partial charge on any atom is -0.478 e. The van der Waals surface area contributed by atoms with Crippen LogP contribution in [0.15, 0.2) is 59.7 Å². The van der Waals surface area contributed by atoms with Crippen LogP contribution >= 0.6 is 0 Å².